The van der Waals surface area contributed by atoms with Gasteiger partial charge in [-0.3, -0.25) is 9.59 Å². The van der Waals surface area contributed by atoms with Crippen molar-refractivity contribution in [3.8, 4) is 5.75 Å². The fraction of sp³-hybridized carbons (Fsp3) is 0.0800. The van der Waals surface area contributed by atoms with Crippen LogP contribution in [0, 0.1) is 0 Å². The zero-order chi connectivity index (χ0) is 24.5. The minimum Gasteiger partial charge on any atom is -0.495 e. The van der Waals surface area contributed by atoms with E-state index in [0.717, 1.165) is 0 Å². The van der Waals surface area contributed by atoms with Crippen molar-refractivity contribution in [2.75, 3.05) is 24.4 Å². The molecule has 3 aromatic rings. The number of nitrogens with one attached hydrogen (secondary N) is 2. The van der Waals surface area contributed by atoms with Gasteiger partial charge in [0.15, 0.2) is 6.61 Å². The standard InChI is InChI=1S/C25H20Cl2N2O5/c1-33-22-5-3-2-4-21(22)29-25(32)17-8-10-18(11-9-17)28-23(30)15-34-24(31)13-7-16-6-12-19(26)20(27)14-16/h2-14H,15H2,1H3,(H,28,30)(H,29,32)/b13-7+. The van der Waals surface area contributed by atoms with Gasteiger partial charge in [-0.15, -0.1) is 0 Å². The van der Waals surface area contributed by atoms with Crippen molar-refractivity contribution in [1.29, 1.82) is 0 Å². The van der Waals surface area contributed by atoms with E-state index < -0.39 is 18.5 Å². The Bertz CT molecular complexity index is 1230. The Balaban J connectivity index is 1.48. The van der Waals surface area contributed by atoms with Gasteiger partial charge in [0.25, 0.3) is 11.8 Å². The molecule has 0 bridgehead atoms. The molecule has 0 unspecified atom stereocenters. The molecule has 0 atom stereocenters. The molecule has 7 nitrogen and oxygen atoms in total. The molecule has 0 saturated carbocycles. The Hall–Kier alpha value is -3.81. The number of benzene rings is 3. The van der Waals surface area contributed by atoms with E-state index in [1.807, 2.05) is 0 Å². The van der Waals surface area contributed by atoms with Crippen LogP contribution in [0.2, 0.25) is 10.0 Å². The van der Waals surface area contributed by atoms with E-state index in [-0.39, 0.29) is 5.91 Å². The van der Waals surface area contributed by atoms with Crippen LogP contribution in [-0.4, -0.2) is 31.5 Å². The predicted molar refractivity (Wildman–Crippen MR) is 132 cm³/mol. The van der Waals surface area contributed by atoms with E-state index in [1.165, 1.54) is 19.3 Å². The number of halogens is 2. The zero-order valence-electron chi connectivity index (χ0n) is 18.0. The molecule has 0 aliphatic carbocycles. The molecule has 9 heteroatoms. The van der Waals surface area contributed by atoms with E-state index in [0.29, 0.717) is 38.3 Å². The number of hydrogen-bond acceptors (Lipinski definition) is 5. The van der Waals surface area contributed by atoms with Crippen LogP contribution in [-0.2, 0) is 14.3 Å². The first-order valence-electron chi connectivity index (χ1n) is 10.00. The number of carbonyl (C=O) groups excluding carboxylic acids is 3. The average Bonchev–Trinajstić information content (AvgIpc) is 2.84. The molecule has 2 N–H and O–H groups in total. The first-order chi connectivity index (χ1) is 16.4. The summed E-state index contributed by atoms with van der Waals surface area (Å²) < 4.78 is 10.1. The summed E-state index contributed by atoms with van der Waals surface area (Å²) in [5.74, 6) is -1.00. The maximum absolute atomic E-state index is 12.5. The molecule has 3 aromatic carbocycles. The van der Waals surface area contributed by atoms with Crippen LogP contribution >= 0.6 is 23.2 Å². The monoisotopic (exact) mass is 498 g/mol. The molecule has 0 aromatic heterocycles. The van der Waals surface area contributed by atoms with Gasteiger partial charge >= 0.3 is 5.97 Å². The van der Waals surface area contributed by atoms with Gasteiger partial charge < -0.3 is 20.1 Å². The van der Waals surface area contributed by atoms with E-state index in [1.54, 1.807) is 66.7 Å². The summed E-state index contributed by atoms with van der Waals surface area (Å²) in [5, 5.41) is 6.13. The second kappa shape index (κ2) is 11.9. The second-order valence-electron chi connectivity index (χ2n) is 6.89. The van der Waals surface area contributed by atoms with Gasteiger partial charge in [0, 0.05) is 17.3 Å². The zero-order valence-corrected chi connectivity index (χ0v) is 19.5. The molecular formula is C25H20Cl2N2O5. The lowest BCUT2D eigenvalue weighted by atomic mass is 10.2. The van der Waals surface area contributed by atoms with Crippen LogP contribution in [0.25, 0.3) is 6.08 Å². The number of anilines is 2. The number of amides is 2. The first-order valence-corrected chi connectivity index (χ1v) is 10.8. The summed E-state index contributed by atoms with van der Waals surface area (Å²) in [4.78, 5) is 36.4. The van der Waals surface area contributed by atoms with Crippen molar-refractivity contribution in [2.45, 2.75) is 0 Å². The summed E-state index contributed by atoms with van der Waals surface area (Å²) in [6.07, 6.45) is 2.68. The van der Waals surface area contributed by atoms with E-state index in [9.17, 15) is 14.4 Å². The smallest absolute Gasteiger partial charge is 0.331 e. The molecule has 0 saturated heterocycles. The molecule has 3 rings (SSSR count). The lowest BCUT2D eigenvalue weighted by Crippen LogP contribution is -2.20. The Kier molecular flexibility index (Phi) is 8.67. The van der Waals surface area contributed by atoms with Crippen molar-refractivity contribution in [2.24, 2.45) is 0 Å². The van der Waals surface area contributed by atoms with Gasteiger partial charge in [0.1, 0.15) is 5.75 Å². The Morgan fingerprint density at radius 1 is 0.912 bits per heavy atom. The first kappa shape index (κ1) is 24.8. The van der Waals surface area contributed by atoms with Gasteiger partial charge in [-0.2, -0.15) is 0 Å². The van der Waals surface area contributed by atoms with E-state index in [2.05, 4.69) is 10.6 Å². The number of para-hydroxylation sites is 2. The topological polar surface area (TPSA) is 93.7 Å². The molecule has 174 valence electrons. The van der Waals surface area contributed by atoms with Crippen molar-refractivity contribution in [1.82, 2.24) is 0 Å². The third kappa shape index (κ3) is 7.10. The maximum Gasteiger partial charge on any atom is 0.331 e. The highest BCUT2D eigenvalue weighted by atomic mass is 35.5. The third-order valence-corrected chi connectivity index (χ3v) is 5.23. The predicted octanol–water partition coefficient (Wildman–Crippen LogP) is 5.45. The van der Waals surface area contributed by atoms with E-state index in [4.69, 9.17) is 32.7 Å². The summed E-state index contributed by atoms with van der Waals surface area (Å²) in [6, 6.07) is 18.2. The number of hydrogen-bond donors (Lipinski definition) is 2. The molecule has 0 radical (unpaired) electrons. The highest BCUT2D eigenvalue weighted by Crippen LogP contribution is 2.24. The maximum atomic E-state index is 12.5. The summed E-state index contributed by atoms with van der Waals surface area (Å²) in [7, 11) is 1.52. The minimum absolute atomic E-state index is 0.329. The van der Waals surface area contributed by atoms with Gasteiger partial charge in [-0.25, -0.2) is 4.79 Å². The lowest BCUT2D eigenvalue weighted by molar-refractivity contribution is -0.142. The van der Waals surface area contributed by atoms with Gasteiger partial charge in [0.05, 0.1) is 22.8 Å². The highest BCUT2D eigenvalue weighted by molar-refractivity contribution is 6.42. The molecular weight excluding hydrogens is 479 g/mol. The fourth-order valence-corrected chi connectivity index (χ4v) is 3.12. The summed E-state index contributed by atoms with van der Waals surface area (Å²) in [6.45, 7) is -0.472. The number of methoxy groups -OCH3 is 1. The molecule has 0 aliphatic heterocycles. The summed E-state index contributed by atoms with van der Waals surface area (Å²) in [5.41, 5.74) is 2.04. The molecule has 0 heterocycles. The lowest BCUT2D eigenvalue weighted by Gasteiger charge is -2.10. The average molecular weight is 499 g/mol. The molecule has 0 fully saturated rings. The van der Waals surface area contributed by atoms with Crippen LogP contribution in [0.15, 0.2) is 72.8 Å². The fourth-order valence-electron chi connectivity index (χ4n) is 2.81. The number of rotatable bonds is 8. The van der Waals surface area contributed by atoms with Crippen LogP contribution in [0.4, 0.5) is 11.4 Å². The second-order valence-corrected chi connectivity index (χ2v) is 7.71. The van der Waals surface area contributed by atoms with Crippen molar-refractivity contribution in [3.05, 3.63) is 94.0 Å². The van der Waals surface area contributed by atoms with Crippen molar-refractivity contribution >= 4 is 58.4 Å². The summed E-state index contributed by atoms with van der Waals surface area (Å²) >= 11 is 11.8. The van der Waals surface area contributed by atoms with Crippen molar-refractivity contribution in [3.63, 3.8) is 0 Å². The number of carbonyl (C=O) groups is 3. The highest BCUT2D eigenvalue weighted by Gasteiger charge is 2.11. The molecule has 0 spiro atoms. The van der Waals surface area contributed by atoms with Crippen molar-refractivity contribution < 1.29 is 23.9 Å². The number of esters is 1. The van der Waals surface area contributed by atoms with Crippen LogP contribution < -0.4 is 15.4 Å². The third-order valence-electron chi connectivity index (χ3n) is 4.49. The molecule has 0 aliphatic rings. The van der Waals surface area contributed by atoms with Crippen LogP contribution in [0.5, 0.6) is 5.75 Å². The van der Waals surface area contributed by atoms with Gasteiger partial charge in [0.2, 0.25) is 0 Å². The van der Waals surface area contributed by atoms with Gasteiger partial charge in [-0.1, -0.05) is 41.4 Å². The normalized spacial score (nSPS) is 10.6. The van der Waals surface area contributed by atoms with E-state index >= 15 is 0 Å². The SMILES string of the molecule is COc1ccccc1NC(=O)c1ccc(NC(=O)COC(=O)/C=C/c2ccc(Cl)c(Cl)c2)cc1. The molecule has 2 amide bonds. The molecule has 34 heavy (non-hydrogen) atoms. The van der Waals surface area contributed by atoms with Gasteiger partial charge in [-0.05, 0) is 60.2 Å². The Morgan fingerprint density at radius 3 is 2.35 bits per heavy atom. The Labute approximate surface area is 206 Å². The minimum atomic E-state index is -0.690. The number of ether oxygens (including phenoxy) is 2. The quantitative estimate of drug-likeness (QED) is 0.318. The van der Waals surface area contributed by atoms with Crippen LogP contribution in [0.3, 0.4) is 0 Å². The van der Waals surface area contributed by atoms with Crippen LogP contribution in [0.1, 0.15) is 15.9 Å². The Morgan fingerprint density at radius 2 is 1.65 bits per heavy atom. The largest absolute Gasteiger partial charge is 0.495 e.